The molecule has 0 radical (unpaired) electrons. The first-order chi connectivity index (χ1) is 18.5. The summed E-state index contributed by atoms with van der Waals surface area (Å²) < 4.78 is 58.5. The zero-order valence-corrected chi connectivity index (χ0v) is 20.5. The fraction of sp³-hybridized carbons (Fsp3) is 0.375. The van der Waals surface area contributed by atoms with E-state index in [9.17, 15) is 22.4 Å². The fourth-order valence-electron chi connectivity index (χ4n) is 5.02. The molecule has 1 aromatic carbocycles. The molecule has 4 heterocycles. The SMILES string of the molecule is Nc1ncnc2c1ncn2Cc1c(N2CC[C@](N)(C(=O)Nc3cc(C4CC4)n[nH]3)C2)ccc(F)c1C(F)(F)F. The van der Waals surface area contributed by atoms with Gasteiger partial charge in [-0.1, -0.05) is 0 Å². The van der Waals surface area contributed by atoms with Crippen LogP contribution in [-0.4, -0.2) is 54.3 Å². The molecule has 1 atom stereocenters. The van der Waals surface area contributed by atoms with E-state index >= 15 is 0 Å². The topological polar surface area (TPSA) is 157 Å². The lowest BCUT2D eigenvalue weighted by molar-refractivity contribution is -0.140. The number of aromatic nitrogens is 6. The number of aromatic amines is 1. The Morgan fingerprint density at radius 1 is 1.23 bits per heavy atom. The summed E-state index contributed by atoms with van der Waals surface area (Å²) in [5.41, 5.74) is 10.5. The first kappa shape index (κ1) is 25.0. The molecule has 1 amide bonds. The van der Waals surface area contributed by atoms with E-state index in [1.165, 1.54) is 23.3 Å². The lowest BCUT2D eigenvalue weighted by Crippen LogP contribution is -2.53. The van der Waals surface area contributed by atoms with Gasteiger partial charge in [0.05, 0.1) is 24.1 Å². The van der Waals surface area contributed by atoms with Gasteiger partial charge in [-0.15, -0.1) is 0 Å². The van der Waals surface area contributed by atoms with Crippen molar-refractivity contribution in [1.29, 1.82) is 0 Å². The smallest absolute Gasteiger partial charge is 0.382 e. The molecule has 2 fully saturated rings. The van der Waals surface area contributed by atoms with Crippen molar-refractivity contribution in [2.45, 2.75) is 43.4 Å². The van der Waals surface area contributed by atoms with Gasteiger partial charge in [0.1, 0.15) is 29.0 Å². The minimum absolute atomic E-state index is 0.0641. The number of hydrogen-bond acceptors (Lipinski definition) is 8. The molecule has 1 aliphatic carbocycles. The number of nitrogens with one attached hydrogen (secondary N) is 2. The lowest BCUT2D eigenvalue weighted by atomic mass is 9.99. The zero-order valence-electron chi connectivity index (χ0n) is 20.5. The number of H-pyrrole nitrogens is 1. The zero-order chi connectivity index (χ0) is 27.5. The average Bonchev–Trinajstić information content (AvgIpc) is 3.26. The van der Waals surface area contributed by atoms with E-state index in [2.05, 4.69) is 30.5 Å². The van der Waals surface area contributed by atoms with Crippen LogP contribution in [0.4, 0.5) is 34.9 Å². The van der Waals surface area contributed by atoms with Crippen molar-refractivity contribution in [2.24, 2.45) is 5.73 Å². The van der Waals surface area contributed by atoms with Gasteiger partial charge in [-0.2, -0.15) is 18.3 Å². The number of hydrogen-bond donors (Lipinski definition) is 4. The van der Waals surface area contributed by atoms with Crippen LogP contribution in [0.5, 0.6) is 0 Å². The van der Waals surface area contributed by atoms with Crippen molar-refractivity contribution < 1.29 is 22.4 Å². The Kier molecular flexibility index (Phi) is 5.71. The molecule has 1 aliphatic heterocycles. The van der Waals surface area contributed by atoms with Crippen LogP contribution in [0, 0.1) is 5.82 Å². The summed E-state index contributed by atoms with van der Waals surface area (Å²) in [7, 11) is 0. The first-order valence-corrected chi connectivity index (χ1v) is 12.2. The third-order valence-electron chi connectivity index (χ3n) is 7.21. The van der Waals surface area contributed by atoms with Gasteiger partial charge in [0, 0.05) is 36.3 Å². The molecule has 1 saturated carbocycles. The molecule has 6 N–H and O–H groups in total. The van der Waals surface area contributed by atoms with E-state index in [1.807, 2.05) is 0 Å². The molecule has 0 bridgehead atoms. The normalized spacial score (nSPS) is 19.7. The molecule has 15 heteroatoms. The number of fused-ring (bicyclic) bond motifs is 1. The van der Waals surface area contributed by atoms with Gasteiger partial charge in [0.15, 0.2) is 11.5 Å². The highest BCUT2D eigenvalue weighted by atomic mass is 19.4. The summed E-state index contributed by atoms with van der Waals surface area (Å²) in [5, 5.41) is 9.71. The van der Waals surface area contributed by atoms with Gasteiger partial charge in [-0.3, -0.25) is 9.89 Å². The van der Waals surface area contributed by atoms with Gasteiger partial charge in [0.25, 0.3) is 0 Å². The van der Waals surface area contributed by atoms with Gasteiger partial charge < -0.3 is 26.3 Å². The summed E-state index contributed by atoms with van der Waals surface area (Å²) in [6, 6.07) is 3.79. The van der Waals surface area contributed by atoms with Crippen LogP contribution >= 0.6 is 0 Å². The third kappa shape index (κ3) is 4.51. The number of nitrogen functional groups attached to an aromatic ring is 1. The van der Waals surface area contributed by atoms with Gasteiger partial charge in [0.2, 0.25) is 5.91 Å². The number of nitrogens with zero attached hydrogens (tertiary/aromatic N) is 6. The van der Waals surface area contributed by atoms with Crippen LogP contribution in [0.25, 0.3) is 11.2 Å². The minimum atomic E-state index is -4.99. The number of halogens is 4. The minimum Gasteiger partial charge on any atom is -0.382 e. The molecule has 0 spiro atoms. The maximum absolute atomic E-state index is 14.7. The lowest BCUT2D eigenvalue weighted by Gasteiger charge is -2.27. The number of imidazole rings is 1. The highest BCUT2D eigenvalue weighted by Crippen LogP contribution is 2.41. The van der Waals surface area contributed by atoms with Crippen LogP contribution in [0.15, 0.2) is 30.9 Å². The molecule has 4 aromatic rings. The molecule has 204 valence electrons. The molecular weight excluding hydrogens is 520 g/mol. The van der Waals surface area contributed by atoms with Crippen molar-refractivity contribution in [3.05, 3.63) is 53.5 Å². The fourth-order valence-corrected chi connectivity index (χ4v) is 5.02. The maximum atomic E-state index is 14.7. The Morgan fingerprint density at radius 2 is 2.03 bits per heavy atom. The van der Waals surface area contributed by atoms with E-state index in [-0.39, 0.29) is 47.7 Å². The molecule has 2 aliphatic rings. The number of carbonyl (C=O) groups is 1. The second-order valence-corrected chi connectivity index (χ2v) is 9.98. The second kappa shape index (κ2) is 8.90. The van der Waals surface area contributed by atoms with Gasteiger partial charge in [-0.25, -0.2) is 19.3 Å². The molecule has 11 nitrogen and oxygen atoms in total. The molecule has 39 heavy (non-hydrogen) atoms. The quantitative estimate of drug-likeness (QED) is 0.270. The van der Waals surface area contributed by atoms with Crippen molar-refractivity contribution in [2.75, 3.05) is 29.0 Å². The van der Waals surface area contributed by atoms with E-state index < -0.39 is 35.5 Å². The number of carbonyl (C=O) groups excluding carboxylic acids is 1. The maximum Gasteiger partial charge on any atom is 0.419 e. The van der Waals surface area contributed by atoms with Gasteiger partial charge in [-0.05, 0) is 31.4 Å². The monoisotopic (exact) mass is 544 g/mol. The molecule has 1 saturated heterocycles. The Bertz CT molecular complexity index is 1580. The molecular formula is C24H24F4N10O. The van der Waals surface area contributed by atoms with Gasteiger partial charge >= 0.3 is 6.18 Å². The largest absolute Gasteiger partial charge is 0.419 e. The number of anilines is 3. The molecule has 6 rings (SSSR count). The third-order valence-corrected chi connectivity index (χ3v) is 7.21. The summed E-state index contributed by atoms with van der Waals surface area (Å²) >= 11 is 0. The number of benzene rings is 1. The van der Waals surface area contributed by atoms with Crippen LogP contribution in [0.1, 0.15) is 42.0 Å². The summed E-state index contributed by atoms with van der Waals surface area (Å²) in [6.45, 7) is -0.318. The summed E-state index contributed by atoms with van der Waals surface area (Å²) in [6.07, 6.45) is -0.293. The number of nitrogens with two attached hydrogens (primary N) is 2. The van der Waals surface area contributed by atoms with Crippen molar-refractivity contribution in [3.63, 3.8) is 0 Å². The second-order valence-electron chi connectivity index (χ2n) is 9.98. The first-order valence-electron chi connectivity index (χ1n) is 12.2. The Balaban J connectivity index is 1.32. The Morgan fingerprint density at radius 3 is 2.77 bits per heavy atom. The van der Waals surface area contributed by atoms with E-state index in [0.29, 0.717) is 11.7 Å². The highest BCUT2D eigenvalue weighted by Gasteiger charge is 2.44. The van der Waals surface area contributed by atoms with Crippen molar-refractivity contribution >= 4 is 34.4 Å². The molecule has 3 aromatic heterocycles. The van der Waals surface area contributed by atoms with Crippen molar-refractivity contribution in [3.8, 4) is 0 Å². The van der Waals surface area contributed by atoms with Crippen molar-refractivity contribution in [1.82, 2.24) is 29.7 Å². The average molecular weight is 545 g/mol. The van der Waals surface area contributed by atoms with E-state index in [0.717, 1.165) is 24.6 Å². The predicted octanol–water partition coefficient (Wildman–Crippen LogP) is 2.76. The molecule has 0 unspecified atom stereocenters. The number of amides is 1. The van der Waals surface area contributed by atoms with Crippen LogP contribution in [0.2, 0.25) is 0 Å². The van der Waals surface area contributed by atoms with Crippen LogP contribution in [-0.2, 0) is 17.5 Å². The number of alkyl halides is 3. The standard InChI is InChI=1S/C24H24F4N10O/c25-14-3-4-16(13(18(14)24(26,27)28)8-38-11-33-19-20(29)31-10-32-21(19)38)37-6-5-23(30,9-37)22(39)34-17-7-15(35-36-17)12-1-2-12/h3-4,7,10-12H,1-2,5-6,8-9,30H2,(H2,29,31,32)(H2,34,35,36,39)/t23-/m1/s1. The van der Waals surface area contributed by atoms with Crippen LogP contribution < -0.4 is 21.7 Å². The van der Waals surface area contributed by atoms with E-state index in [4.69, 9.17) is 11.5 Å². The Labute approximate surface area is 218 Å². The summed E-state index contributed by atoms with van der Waals surface area (Å²) in [4.78, 5) is 26.7. The van der Waals surface area contributed by atoms with Crippen LogP contribution in [0.3, 0.4) is 0 Å². The van der Waals surface area contributed by atoms with E-state index in [1.54, 1.807) is 11.0 Å². The summed E-state index contributed by atoms with van der Waals surface area (Å²) in [5.74, 6) is -1.06. The Hall–Kier alpha value is -4.27. The highest BCUT2D eigenvalue weighted by molar-refractivity contribution is 5.98. The number of rotatable bonds is 6. The predicted molar refractivity (Wildman–Crippen MR) is 133 cm³/mol.